The zero-order chi connectivity index (χ0) is 17.0. The molecule has 0 atom stereocenters. The summed E-state index contributed by atoms with van der Waals surface area (Å²) < 4.78 is 27.1. The number of hydrogen-bond donors (Lipinski definition) is 1. The fraction of sp³-hybridized carbons (Fsp3) is 0.684. The Kier molecular flexibility index (Phi) is 5.95. The first kappa shape index (κ1) is 17.9. The maximum absolute atomic E-state index is 12.7. The average molecular weight is 351 g/mol. The highest BCUT2D eigenvalue weighted by molar-refractivity contribution is 7.89. The number of piperidine rings is 2. The molecule has 0 aliphatic carbocycles. The van der Waals surface area contributed by atoms with Crippen LogP contribution < -0.4 is 5.32 Å². The van der Waals surface area contributed by atoms with Gasteiger partial charge in [-0.2, -0.15) is 4.31 Å². The van der Waals surface area contributed by atoms with E-state index in [-0.39, 0.29) is 0 Å². The first-order chi connectivity index (χ1) is 11.6. The maximum atomic E-state index is 12.7. The highest BCUT2D eigenvalue weighted by atomic mass is 32.2. The van der Waals surface area contributed by atoms with Crippen LogP contribution in [0.25, 0.3) is 0 Å². The topological polar surface area (TPSA) is 49.4 Å². The van der Waals surface area contributed by atoms with Gasteiger partial charge in [0, 0.05) is 13.1 Å². The van der Waals surface area contributed by atoms with Crippen molar-refractivity contribution in [3.05, 3.63) is 29.8 Å². The van der Waals surface area contributed by atoms with Crippen molar-refractivity contribution in [1.29, 1.82) is 0 Å². The van der Waals surface area contributed by atoms with E-state index in [1.165, 1.54) is 25.7 Å². The van der Waals surface area contributed by atoms with Gasteiger partial charge in [0.2, 0.25) is 10.0 Å². The Balaban J connectivity index is 1.49. The number of aryl methyl sites for hydroxylation is 1. The largest absolute Gasteiger partial charge is 0.317 e. The molecule has 1 N–H and O–H groups in total. The summed E-state index contributed by atoms with van der Waals surface area (Å²) in [5.41, 5.74) is 1.09. The SMILES string of the molecule is Cc1ccc(S(=O)(=O)N2CCC(CCC3CCNCC3)CC2)cc1. The molecule has 0 aromatic heterocycles. The molecule has 0 bridgehead atoms. The van der Waals surface area contributed by atoms with Gasteiger partial charge in [0.25, 0.3) is 0 Å². The maximum Gasteiger partial charge on any atom is 0.243 e. The van der Waals surface area contributed by atoms with Gasteiger partial charge in [-0.05, 0) is 69.7 Å². The molecule has 0 saturated carbocycles. The van der Waals surface area contributed by atoms with Gasteiger partial charge >= 0.3 is 0 Å². The third kappa shape index (κ3) is 4.38. The van der Waals surface area contributed by atoms with E-state index in [0.29, 0.717) is 23.9 Å². The molecule has 2 aliphatic heterocycles. The molecule has 24 heavy (non-hydrogen) atoms. The van der Waals surface area contributed by atoms with Gasteiger partial charge in [0.1, 0.15) is 0 Å². The molecule has 0 spiro atoms. The molecule has 3 rings (SSSR count). The zero-order valence-corrected chi connectivity index (χ0v) is 15.5. The van der Waals surface area contributed by atoms with Crippen LogP contribution in [0.5, 0.6) is 0 Å². The van der Waals surface area contributed by atoms with Gasteiger partial charge in [0.15, 0.2) is 0 Å². The van der Waals surface area contributed by atoms with E-state index in [0.717, 1.165) is 37.4 Å². The molecular formula is C19H30N2O2S. The Morgan fingerprint density at radius 1 is 0.958 bits per heavy atom. The first-order valence-corrected chi connectivity index (χ1v) is 10.8. The van der Waals surface area contributed by atoms with Crippen molar-refractivity contribution in [3.8, 4) is 0 Å². The lowest BCUT2D eigenvalue weighted by Gasteiger charge is -2.32. The van der Waals surface area contributed by atoms with Crippen LogP contribution in [0.3, 0.4) is 0 Å². The number of hydrogen-bond acceptors (Lipinski definition) is 3. The lowest BCUT2D eigenvalue weighted by Crippen LogP contribution is -2.38. The Bertz CT molecular complexity index is 613. The summed E-state index contributed by atoms with van der Waals surface area (Å²) in [5, 5.41) is 3.42. The van der Waals surface area contributed by atoms with E-state index in [2.05, 4.69) is 5.32 Å². The molecule has 2 saturated heterocycles. The van der Waals surface area contributed by atoms with Crippen LogP contribution in [0, 0.1) is 18.8 Å². The second kappa shape index (κ2) is 7.98. The van der Waals surface area contributed by atoms with E-state index in [4.69, 9.17) is 0 Å². The van der Waals surface area contributed by atoms with Crippen molar-refractivity contribution in [2.24, 2.45) is 11.8 Å². The van der Waals surface area contributed by atoms with Crippen molar-refractivity contribution in [2.45, 2.75) is 50.3 Å². The van der Waals surface area contributed by atoms with Gasteiger partial charge in [-0.15, -0.1) is 0 Å². The highest BCUT2D eigenvalue weighted by Gasteiger charge is 2.29. The number of nitrogens with zero attached hydrogens (tertiary/aromatic N) is 1. The standard InChI is InChI=1S/C19H30N2O2S/c1-16-2-6-19(7-3-16)24(22,23)21-14-10-18(11-15-21)5-4-17-8-12-20-13-9-17/h2-3,6-7,17-18,20H,4-5,8-15H2,1H3. The van der Waals surface area contributed by atoms with E-state index < -0.39 is 10.0 Å². The fourth-order valence-electron chi connectivity index (χ4n) is 3.94. The Labute approximate surface area is 146 Å². The normalized spacial score (nSPS) is 21.9. The quantitative estimate of drug-likeness (QED) is 0.887. The Morgan fingerprint density at radius 3 is 2.08 bits per heavy atom. The Hall–Kier alpha value is -0.910. The van der Waals surface area contributed by atoms with Crippen LogP contribution in [-0.2, 0) is 10.0 Å². The van der Waals surface area contributed by atoms with Crippen molar-refractivity contribution < 1.29 is 8.42 Å². The monoisotopic (exact) mass is 350 g/mol. The lowest BCUT2D eigenvalue weighted by atomic mass is 9.86. The number of benzene rings is 1. The van der Waals surface area contributed by atoms with Crippen LogP contribution in [0.1, 0.15) is 44.1 Å². The van der Waals surface area contributed by atoms with Crippen LogP contribution >= 0.6 is 0 Å². The summed E-state index contributed by atoms with van der Waals surface area (Å²) in [6, 6.07) is 7.21. The fourth-order valence-corrected chi connectivity index (χ4v) is 5.41. The number of nitrogens with one attached hydrogen (secondary N) is 1. The van der Waals surface area contributed by atoms with E-state index in [9.17, 15) is 8.42 Å². The molecule has 134 valence electrons. The first-order valence-electron chi connectivity index (χ1n) is 9.33. The summed E-state index contributed by atoms with van der Waals surface area (Å²) >= 11 is 0. The third-order valence-corrected chi connectivity index (χ3v) is 7.59. The summed E-state index contributed by atoms with van der Waals surface area (Å²) in [7, 11) is -3.31. The minimum Gasteiger partial charge on any atom is -0.317 e. The minimum absolute atomic E-state index is 0.432. The Morgan fingerprint density at radius 2 is 1.50 bits per heavy atom. The lowest BCUT2D eigenvalue weighted by molar-refractivity contribution is 0.239. The average Bonchev–Trinajstić information content (AvgIpc) is 2.61. The summed E-state index contributed by atoms with van der Waals surface area (Å²) in [4.78, 5) is 0.432. The molecule has 2 aliphatic rings. The molecule has 1 aromatic carbocycles. The highest BCUT2D eigenvalue weighted by Crippen LogP contribution is 2.29. The second-order valence-corrected chi connectivity index (χ2v) is 9.37. The minimum atomic E-state index is -3.31. The number of sulfonamides is 1. The molecular weight excluding hydrogens is 320 g/mol. The number of rotatable bonds is 5. The van der Waals surface area contributed by atoms with Crippen LogP contribution in [0.15, 0.2) is 29.2 Å². The van der Waals surface area contributed by atoms with Crippen LogP contribution in [0.4, 0.5) is 0 Å². The molecule has 2 heterocycles. The van der Waals surface area contributed by atoms with Crippen molar-refractivity contribution in [2.75, 3.05) is 26.2 Å². The summed E-state index contributed by atoms with van der Waals surface area (Å²) in [6.07, 6.45) is 7.22. The zero-order valence-electron chi connectivity index (χ0n) is 14.7. The summed E-state index contributed by atoms with van der Waals surface area (Å²) in [5.74, 6) is 1.57. The third-order valence-electron chi connectivity index (χ3n) is 5.67. The molecule has 0 radical (unpaired) electrons. The molecule has 5 heteroatoms. The van der Waals surface area contributed by atoms with Crippen LogP contribution in [0.2, 0.25) is 0 Å². The van der Waals surface area contributed by atoms with Gasteiger partial charge in [-0.3, -0.25) is 0 Å². The van der Waals surface area contributed by atoms with Gasteiger partial charge in [0.05, 0.1) is 4.90 Å². The van der Waals surface area contributed by atoms with Gasteiger partial charge < -0.3 is 5.32 Å². The predicted octanol–water partition coefficient (Wildman–Crippen LogP) is 3.18. The molecule has 1 aromatic rings. The van der Waals surface area contributed by atoms with Crippen molar-refractivity contribution in [3.63, 3.8) is 0 Å². The molecule has 0 amide bonds. The van der Waals surface area contributed by atoms with E-state index >= 15 is 0 Å². The van der Waals surface area contributed by atoms with E-state index in [1.54, 1.807) is 16.4 Å². The van der Waals surface area contributed by atoms with Gasteiger partial charge in [-0.25, -0.2) is 8.42 Å². The van der Waals surface area contributed by atoms with Crippen LogP contribution in [-0.4, -0.2) is 38.9 Å². The summed E-state index contributed by atoms with van der Waals surface area (Å²) in [6.45, 7) is 5.65. The van der Waals surface area contributed by atoms with Crippen molar-refractivity contribution in [1.82, 2.24) is 9.62 Å². The van der Waals surface area contributed by atoms with Gasteiger partial charge in [-0.1, -0.05) is 30.5 Å². The molecule has 0 unspecified atom stereocenters. The predicted molar refractivity (Wildman–Crippen MR) is 97.5 cm³/mol. The van der Waals surface area contributed by atoms with Crippen molar-refractivity contribution >= 4 is 10.0 Å². The van der Waals surface area contributed by atoms with E-state index in [1.807, 2.05) is 19.1 Å². The second-order valence-electron chi connectivity index (χ2n) is 7.43. The molecule has 4 nitrogen and oxygen atoms in total. The smallest absolute Gasteiger partial charge is 0.243 e. The molecule has 2 fully saturated rings.